The van der Waals surface area contributed by atoms with Crippen molar-refractivity contribution in [3.05, 3.63) is 58.5 Å². The number of hydrogen-bond donors (Lipinski definition) is 1. The lowest BCUT2D eigenvalue weighted by Gasteiger charge is -2.33. The minimum atomic E-state index is -4.55. The molecule has 11 heteroatoms. The molecule has 0 saturated heterocycles. The lowest BCUT2D eigenvalue weighted by atomic mass is 9.96. The summed E-state index contributed by atoms with van der Waals surface area (Å²) in [5, 5.41) is 5.77. The summed E-state index contributed by atoms with van der Waals surface area (Å²) in [7, 11) is 3.45. The van der Waals surface area contributed by atoms with E-state index in [2.05, 4.69) is 15.1 Å². The lowest BCUT2D eigenvalue weighted by Crippen LogP contribution is -2.37. The topological polar surface area (TPSA) is 99.2 Å². The largest absolute Gasteiger partial charge is 0.433 e. The average Bonchev–Trinajstić information content (AvgIpc) is 3.62. The van der Waals surface area contributed by atoms with Gasteiger partial charge in [-0.1, -0.05) is 6.07 Å². The minimum absolute atomic E-state index is 0.0351. The van der Waals surface area contributed by atoms with Crippen molar-refractivity contribution in [2.75, 3.05) is 19.4 Å². The van der Waals surface area contributed by atoms with Crippen LogP contribution in [0.2, 0.25) is 0 Å². The fourth-order valence-electron chi connectivity index (χ4n) is 5.04. The Kier molecular flexibility index (Phi) is 4.98. The van der Waals surface area contributed by atoms with Crippen LogP contribution in [-0.2, 0) is 24.6 Å². The number of nitrogen functional groups attached to an aromatic ring is 1. The highest BCUT2D eigenvalue weighted by molar-refractivity contribution is 6.10. The molecular formula is C25H23F3N6O2. The SMILES string of the molecule is CN(C(=O)c1cc2c(cc1C1CC1)nc(N)c1cnn(C)c12)[C@H]1COCc2nc(C(F)(F)F)ccc21. The zero-order valence-electron chi connectivity index (χ0n) is 19.6. The second kappa shape index (κ2) is 7.89. The van der Waals surface area contributed by atoms with E-state index >= 15 is 0 Å². The Morgan fingerprint density at radius 1 is 1.17 bits per heavy atom. The molecule has 0 radical (unpaired) electrons. The highest BCUT2D eigenvalue weighted by Crippen LogP contribution is 2.44. The van der Waals surface area contributed by atoms with Gasteiger partial charge in [0, 0.05) is 30.6 Å². The van der Waals surface area contributed by atoms with Crippen molar-refractivity contribution < 1.29 is 22.7 Å². The van der Waals surface area contributed by atoms with Crippen molar-refractivity contribution in [3.8, 4) is 0 Å². The first kappa shape index (κ1) is 22.7. The Morgan fingerprint density at radius 3 is 2.67 bits per heavy atom. The number of likely N-dealkylation sites (N-methyl/N-ethyl adjacent to an activating group) is 1. The number of carbonyl (C=O) groups is 1. The second-order valence-electron chi connectivity index (χ2n) is 9.44. The number of aryl methyl sites for hydroxylation is 1. The first-order valence-corrected chi connectivity index (χ1v) is 11.6. The molecule has 2 aliphatic rings. The summed E-state index contributed by atoms with van der Waals surface area (Å²) >= 11 is 0. The van der Waals surface area contributed by atoms with E-state index in [9.17, 15) is 18.0 Å². The van der Waals surface area contributed by atoms with Crippen molar-refractivity contribution in [1.82, 2.24) is 24.6 Å². The van der Waals surface area contributed by atoms with Crippen molar-refractivity contribution in [2.24, 2.45) is 7.05 Å². The van der Waals surface area contributed by atoms with Crippen LogP contribution in [0.5, 0.6) is 0 Å². The molecule has 1 fully saturated rings. The molecule has 1 aromatic carbocycles. The van der Waals surface area contributed by atoms with Gasteiger partial charge in [-0.15, -0.1) is 0 Å². The third kappa shape index (κ3) is 3.57. The molecule has 36 heavy (non-hydrogen) atoms. The highest BCUT2D eigenvalue weighted by Gasteiger charge is 2.37. The molecule has 1 atom stereocenters. The molecule has 4 aromatic rings. The van der Waals surface area contributed by atoms with Crippen LogP contribution in [0.1, 0.15) is 57.7 Å². The van der Waals surface area contributed by atoms with Crippen molar-refractivity contribution in [3.63, 3.8) is 0 Å². The normalized spacial score (nSPS) is 18.0. The number of halogens is 3. The van der Waals surface area contributed by atoms with Gasteiger partial charge < -0.3 is 15.4 Å². The van der Waals surface area contributed by atoms with E-state index in [1.165, 1.54) is 11.0 Å². The van der Waals surface area contributed by atoms with E-state index < -0.39 is 17.9 Å². The highest BCUT2D eigenvalue weighted by atomic mass is 19.4. The third-order valence-electron chi connectivity index (χ3n) is 7.09. The summed E-state index contributed by atoms with van der Waals surface area (Å²) < 4.78 is 46.8. The molecule has 0 unspecified atom stereocenters. The van der Waals surface area contributed by atoms with Gasteiger partial charge in [0.25, 0.3) is 5.91 Å². The van der Waals surface area contributed by atoms with Crippen molar-refractivity contribution in [1.29, 1.82) is 0 Å². The number of alkyl halides is 3. The van der Waals surface area contributed by atoms with Crippen LogP contribution in [0.3, 0.4) is 0 Å². The Labute approximate surface area is 203 Å². The van der Waals surface area contributed by atoms with Crippen molar-refractivity contribution >= 4 is 33.5 Å². The minimum Gasteiger partial charge on any atom is -0.383 e. The van der Waals surface area contributed by atoms with Crippen LogP contribution in [0.25, 0.3) is 21.8 Å². The molecule has 4 heterocycles. The zero-order valence-corrected chi connectivity index (χ0v) is 19.6. The Hall–Kier alpha value is -3.73. The number of nitrogens with two attached hydrogens (primary N) is 1. The van der Waals surface area contributed by atoms with E-state index in [1.807, 2.05) is 19.2 Å². The van der Waals surface area contributed by atoms with Crippen LogP contribution in [-0.4, -0.2) is 44.2 Å². The number of carbonyl (C=O) groups excluding carboxylic acids is 1. The second-order valence-corrected chi connectivity index (χ2v) is 9.44. The molecule has 6 rings (SSSR count). The van der Waals surface area contributed by atoms with E-state index in [4.69, 9.17) is 10.5 Å². The van der Waals surface area contributed by atoms with E-state index in [1.54, 1.807) is 17.9 Å². The molecule has 3 aromatic heterocycles. The van der Waals surface area contributed by atoms with Gasteiger partial charge in [-0.05, 0) is 42.5 Å². The maximum atomic E-state index is 13.9. The molecule has 1 amide bonds. The van der Waals surface area contributed by atoms with Crippen LogP contribution in [0.15, 0.2) is 30.5 Å². The average molecular weight is 496 g/mol. The van der Waals surface area contributed by atoms with Gasteiger partial charge in [0.05, 0.1) is 47.6 Å². The molecule has 1 aliphatic carbocycles. The summed E-state index contributed by atoms with van der Waals surface area (Å²) in [6.07, 6.45) is -0.961. The predicted octanol–water partition coefficient (Wildman–Crippen LogP) is 4.34. The zero-order chi connectivity index (χ0) is 25.4. The summed E-state index contributed by atoms with van der Waals surface area (Å²) in [4.78, 5) is 23.8. The van der Waals surface area contributed by atoms with E-state index in [0.29, 0.717) is 27.8 Å². The Balaban J connectivity index is 1.44. The standard InChI is InChI=1S/C25H23F3N6O2/c1-33(20-11-36-10-19-13(20)5-6-21(31-19)25(26,27)28)24(35)15-7-16-18(8-14(15)12-3-4-12)32-23(29)17-9-30-34(2)22(16)17/h5-9,12,20H,3-4,10-11H2,1-2H3,(H2,29,32)/t20-/m0/s1. The number of ether oxygens (including phenoxy) is 1. The quantitative estimate of drug-likeness (QED) is 0.453. The van der Waals surface area contributed by atoms with Gasteiger partial charge in [0.2, 0.25) is 0 Å². The van der Waals surface area contributed by atoms with Gasteiger partial charge in [0.1, 0.15) is 11.5 Å². The number of benzene rings is 1. The number of aromatic nitrogens is 4. The lowest BCUT2D eigenvalue weighted by molar-refractivity contribution is -0.141. The van der Waals surface area contributed by atoms with Crippen LogP contribution in [0, 0.1) is 0 Å². The summed E-state index contributed by atoms with van der Waals surface area (Å²) in [5.41, 5.74) is 8.86. The number of fused-ring (bicyclic) bond motifs is 4. The third-order valence-corrected chi connectivity index (χ3v) is 7.09. The number of hydrogen-bond acceptors (Lipinski definition) is 6. The van der Waals surface area contributed by atoms with Gasteiger partial charge in [-0.2, -0.15) is 18.3 Å². The van der Waals surface area contributed by atoms with Gasteiger partial charge in [-0.3, -0.25) is 9.48 Å². The fraction of sp³-hybridized carbons (Fsp3) is 0.360. The number of anilines is 1. The predicted molar refractivity (Wildman–Crippen MR) is 126 cm³/mol. The molecule has 186 valence electrons. The molecule has 0 bridgehead atoms. The maximum absolute atomic E-state index is 13.9. The van der Waals surface area contributed by atoms with Crippen molar-refractivity contribution in [2.45, 2.75) is 37.6 Å². The maximum Gasteiger partial charge on any atom is 0.433 e. The summed E-state index contributed by atoms with van der Waals surface area (Å²) in [5.74, 6) is 0.385. The molecule has 2 N–H and O–H groups in total. The van der Waals surface area contributed by atoms with E-state index in [0.717, 1.165) is 35.4 Å². The molecule has 1 aliphatic heterocycles. The molecule has 0 spiro atoms. The molecule has 8 nitrogen and oxygen atoms in total. The number of pyridine rings is 2. The first-order chi connectivity index (χ1) is 17.1. The number of nitrogens with zero attached hydrogens (tertiary/aromatic N) is 5. The monoisotopic (exact) mass is 496 g/mol. The fourth-order valence-corrected chi connectivity index (χ4v) is 5.04. The number of rotatable bonds is 3. The Bertz CT molecular complexity index is 1540. The smallest absolute Gasteiger partial charge is 0.383 e. The van der Waals surface area contributed by atoms with Crippen LogP contribution < -0.4 is 5.73 Å². The summed E-state index contributed by atoms with van der Waals surface area (Å²) in [6.45, 7) is 0.130. The molecular weight excluding hydrogens is 473 g/mol. The Morgan fingerprint density at radius 2 is 1.94 bits per heavy atom. The van der Waals surface area contributed by atoms with E-state index in [-0.39, 0.29) is 30.7 Å². The van der Waals surface area contributed by atoms with Gasteiger partial charge in [-0.25, -0.2) is 9.97 Å². The molecule has 1 saturated carbocycles. The first-order valence-electron chi connectivity index (χ1n) is 11.6. The number of amides is 1. The van der Waals surface area contributed by atoms with Crippen LogP contribution >= 0.6 is 0 Å². The van der Waals surface area contributed by atoms with Gasteiger partial charge >= 0.3 is 6.18 Å². The van der Waals surface area contributed by atoms with Gasteiger partial charge in [0.15, 0.2) is 0 Å². The summed E-state index contributed by atoms with van der Waals surface area (Å²) in [6, 6.07) is 5.56. The van der Waals surface area contributed by atoms with Crippen LogP contribution in [0.4, 0.5) is 19.0 Å².